The van der Waals surface area contributed by atoms with Gasteiger partial charge in [-0.3, -0.25) is 4.79 Å². The molecule has 5 nitrogen and oxygen atoms in total. The topological polar surface area (TPSA) is 59.6 Å². The summed E-state index contributed by atoms with van der Waals surface area (Å²) in [5, 5.41) is 5.73. The number of carbonyl (C=O) groups excluding carboxylic acids is 1. The van der Waals surface area contributed by atoms with Gasteiger partial charge in [0, 0.05) is 32.8 Å². The number of carbonyl (C=O) groups is 1. The molecule has 1 rings (SSSR count). The van der Waals surface area contributed by atoms with Crippen LogP contribution >= 0.6 is 11.6 Å². The second-order valence-corrected chi connectivity index (χ2v) is 4.36. The molecule has 0 aromatic heterocycles. The zero-order chi connectivity index (χ0) is 14.8. The Morgan fingerprint density at radius 1 is 1.35 bits per heavy atom. The molecule has 112 valence electrons. The largest absolute Gasteiger partial charge is 0.484 e. The quantitative estimate of drug-likeness (QED) is 0.673. The van der Waals surface area contributed by atoms with Crippen molar-refractivity contribution in [1.82, 2.24) is 10.6 Å². The summed E-state index contributed by atoms with van der Waals surface area (Å²) >= 11 is 5.60. The molecule has 1 aromatic carbocycles. The number of ether oxygens (including phenoxy) is 2. The molecule has 2 N–H and O–H groups in total. The number of nitrogens with one attached hydrogen (secondary N) is 2. The van der Waals surface area contributed by atoms with E-state index in [1.807, 2.05) is 0 Å². The lowest BCUT2D eigenvalue weighted by atomic mass is 10.3. The van der Waals surface area contributed by atoms with Crippen LogP contribution in [0.15, 0.2) is 18.2 Å². The Hall–Kier alpha value is -1.37. The van der Waals surface area contributed by atoms with Gasteiger partial charge in [-0.15, -0.1) is 0 Å². The number of hydrogen-bond acceptors (Lipinski definition) is 4. The minimum absolute atomic E-state index is 0.0368. The van der Waals surface area contributed by atoms with Crippen LogP contribution in [0.4, 0.5) is 4.39 Å². The molecule has 0 aliphatic carbocycles. The second kappa shape index (κ2) is 9.52. The minimum atomic E-state index is -0.523. The third-order valence-electron chi connectivity index (χ3n) is 2.37. The predicted octanol–water partition coefficient (Wildman–Crippen LogP) is 1.21. The van der Waals surface area contributed by atoms with E-state index >= 15 is 0 Å². The summed E-state index contributed by atoms with van der Waals surface area (Å²) in [7, 11) is 1.63. The molecule has 0 saturated carbocycles. The first-order chi connectivity index (χ1) is 9.63. The highest BCUT2D eigenvalue weighted by atomic mass is 35.5. The fourth-order valence-electron chi connectivity index (χ4n) is 1.36. The van der Waals surface area contributed by atoms with Crippen LogP contribution in [-0.2, 0) is 9.53 Å². The van der Waals surface area contributed by atoms with Crippen LogP contribution in [0, 0.1) is 5.82 Å². The van der Waals surface area contributed by atoms with Crippen molar-refractivity contribution in [3.63, 3.8) is 0 Å². The second-order valence-electron chi connectivity index (χ2n) is 3.96. The summed E-state index contributed by atoms with van der Waals surface area (Å²) in [6.07, 6.45) is 0. The zero-order valence-corrected chi connectivity index (χ0v) is 12.0. The number of halogens is 2. The van der Waals surface area contributed by atoms with Crippen LogP contribution in [0.2, 0.25) is 5.02 Å². The first-order valence-electron chi connectivity index (χ1n) is 6.17. The third kappa shape index (κ3) is 6.70. The molecule has 0 heterocycles. The molecule has 0 fully saturated rings. The van der Waals surface area contributed by atoms with Crippen LogP contribution in [0.1, 0.15) is 0 Å². The molecule has 20 heavy (non-hydrogen) atoms. The molecule has 0 bridgehead atoms. The summed E-state index contributed by atoms with van der Waals surface area (Å²) in [5.74, 6) is -0.422. The highest BCUT2D eigenvalue weighted by Crippen LogP contribution is 2.20. The molecule has 0 saturated heterocycles. The smallest absolute Gasteiger partial charge is 0.257 e. The van der Waals surface area contributed by atoms with Gasteiger partial charge >= 0.3 is 0 Å². The molecule has 0 atom stereocenters. The van der Waals surface area contributed by atoms with E-state index in [1.54, 1.807) is 7.11 Å². The van der Waals surface area contributed by atoms with Crippen molar-refractivity contribution < 1.29 is 18.7 Å². The standard InChI is InChI=1S/C13H18ClFN2O3/c1-19-7-6-16-4-5-17-13(18)9-20-10-2-3-12(15)11(14)8-10/h2-3,8,16H,4-7,9H2,1H3,(H,17,18). The van der Waals surface area contributed by atoms with Gasteiger partial charge in [-0.2, -0.15) is 0 Å². The molecular formula is C13H18ClFN2O3. The van der Waals surface area contributed by atoms with Crippen molar-refractivity contribution in [3.8, 4) is 5.75 Å². The zero-order valence-electron chi connectivity index (χ0n) is 11.2. The maximum Gasteiger partial charge on any atom is 0.257 e. The van der Waals surface area contributed by atoms with E-state index < -0.39 is 5.82 Å². The van der Waals surface area contributed by atoms with E-state index in [2.05, 4.69) is 10.6 Å². The molecule has 1 aromatic rings. The van der Waals surface area contributed by atoms with Gasteiger partial charge in [-0.25, -0.2) is 4.39 Å². The summed E-state index contributed by atoms with van der Waals surface area (Å²) in [4.78, 5) is 11.5. The maximum atomic E-state index is 12.9. The van der Waals surface area contributed by atoms with Gasteiger partial charge in [0.1, 0.15) is 11.6 Å². The van der Waals surface area contributed by atoms with Crippen molar-refractivity contribution in [3.05, 3.63) is 29.0 Å². The average molecular weight is 305 g/mol. The Morgan fingerprint density at radius 2 is 2.15 bits per heavy atom. The highest BCUT2D eigenvalue weighted by Gasteiger charge is 2.04. The van der Waals surface area contributed by atoms with E-state index in [-0.39, 0.29) is 17.5 Å². The Labute approximate surface area is 122 Å². The lowest BCUT2D eigenvalue weighted by Gasteiger charge is -2.08. The van der Waals surface area contributed by atoms with Crippen LogP contribution in [0.25, 0.3) is 0 Å². The lowest BCUT2D eigenvalue weighted by molar-refractivity contribution is -0.123. The van der Waals surface area contributed by atoms with E-state index in [9.17, 15) is 9.18 Å². The van der Waals surface area contributed by atoms with Gasteiger partial charge < -0.3 is 20.1 Å². The van der Waals surface area contributed by atoms with Crippen LogP contribution in [-0.4, -0.2) is 45.9 Å². The number of hydrogen-bond donors (Lipinski definition) is 2. The van der Waals surface area contributed by atoms with Gasteiger partial charge in [0.25, 0.3) is 5.91 Å². The number of benzene rings is 1. The van der Waals surface area contributed by atoms with E-state index in [4.69, 9.17) is 21.1 Å². The van der Waals surface area contributed by atoms with Gasteiger partial charge in [-0.05, 0) is 12.1 Å². The summed E-state index contributed by atoms with van der Waals surface area (Å²) in [6.45, 7) is 2.37. The van der Waals surface area contributed by atoms with Crippen molar-refractivity contribution in [2.75, 3.05) is 40.0 Å². The van der Waals surface area contributed by atoms with Gasteiger partial charge in [-0.1, -0.05) is 11.6 Å². The number of rotatable bonds is 9. The average Bonchev–Trinajstić information content (AvgIpc) is 2.44. The molecule has 0 aliphatic rings. The van der Waals surface area contributed by atoms with Gasteiger partial charge in [0.2, 0.25) is 0 Å². The van der Waals surface area contributed by atoms with Crippen LogP contribution in [0.3, 0.4) is 0 Å². The first kappa shape index (κ1) is 16.7. The number of methoxy groups -OCH3 is 1. The molecule has 0 radical (unpaired) electrons. The normalized spacial score (nSPS) is 10.3. The fourth-order valence-corrected chi connectivity index (χ4v) is 1.53. The van der Waals surface area contributed by atoms with Crippen LogP contribution < -0.4 is 15.4 Å². The minimum Gasteiger partial charge on any atom is -0.484 e. The van der Waals surface area contributed by atoms with Gasteiger partial charge in [0.15, 0.2) is 6.61 Å². The van der Waals surface area contributed by atoms with Gasteiger partial charge in [0.05, 0.1) is 11.6 Å². The Morgan fingerprint density at radius 3 is 2.85 bits per heavy atom. The fraction of sp³-hybridized carbons (Fsp3) is 0.462. The van der Waals surface area contributed by atoms with Crippen molar-refractivity contribution in [2.24, 2.45) is 0 Å². The maximum absolute atomic E-state index is 12.9. The number of amides is 1. The van der Waals surface area contributed by atoms with E-state index in [1.165, 1.54) is 18.2 Å². The lowest BCUT2D eigenvalue weighted by Crippen LogP contribution is -2.35. The molecule has 0 spiro atoms. The van der Waals surface area contributed by atoms with E-state index in [0.717, 1.165) is 6.54 Å². The monoisotopic (exact) mass is 304 g/mol. The van der Waals surface area contributed by atoms with E-state index in [0.29, 0.717) is 25.4 Å². The molecule has 0 aliphatic heterocycles. The Kier molecular flexibility index (Phi) is 7.94. The van der Waals surface area contributed by atoms with Crippen LogP contribution in [0.5, 0.6) is 5.75 Å². The molecule has 0 unspecified atom stereocenters. The summed E-state index contributed by atoms with van der Waals surface area (Å²) in [5.41, 5.74) is 0. The van der Waals surface area contributed by atoms with Crippen molar-refractivity contribution in [1.29, 1.82) is 0 Å². The predicted molar refractivity (Wildman–Crippen MR) is 74.7 cm³/mol. The first-order valence-corrected chi connectivity index (χ1v) is 6.55. The molecule has 1 amide bonds. The van der Waals surface area contributed by atoms with Crippen molar-refractivity contribution >= 4 is 17.5 Å². The summed E-state index contributed by atoms with van der Waals surface area (Å²) in [6, 6.07) is 3.94. The van der Waals surface area contributed by atoms with Crippen molar-refractivity contribution in [2.45, 2.75) is 0 Å². The Bertz CT molecular complexity index is 432. The molecule has 7 heteroatoms. The Balaban J connectivity index is 2.15. The summed E-state index contributed by atoms with van der Waals surface area (Å²) < 4.78 is 23.0. The molecular weight excluding hydrogens is 287 g/mol. The third-order valence-corrected chi connectivity index (χ3v) is 2.66. The highest BCUT2D eigenvalue weighted by molar-refractivity contribution is 6.30. The SMILES string of the molecule is COCCNCCNC(=O)COc1ccc(F)c(Cl)c1.